The topological polar surface area (TPSA) is 54.6 Å². The monoisotopic (exact) mass is 295 g/mol. The molecule has 1 aliphatic rings. The Hall–Kier alpha value is -0.840. The van der Waals surface area contributed by atoms with Crippen LogP contribution < -0.4 is 5.32 Å². The lowest BCUT2D eigenvalue weighted by Crippen LogP contribution is -2.39. The minimum Gasteiger partial charge on any atom is -0.467 e. The van der Waals surface area contributed by atoms with E-state index >= 15 is 0 Å². The Labute approximate surface area is 127 Å². The first-order valence-electron chi connectivity index (χ1n) is 8.29. The normalized spacial score (nSPS) is 24.1. The summed E-state index contributed by atoms with van der Waals surface area (Å²) >= 11 is 0. The molecule has 120 valence electrons. The SMILES string of the molecule is CCCC1CCC(NCC(O)COCc2ccco2)CC1. The molecule has 4 heteroatoms. The van der Waals surface area contributed by atoms with Crippen LogP contribution in [0.1, 0.15) is 51.2 Å². The number of rotatable bonds is 9. The van der Waals surface area contributed by atoms with Crippen LogP contribution in [0.4, 0.5) is 0 Å². The summed E-state index contributed by atoms with van der Waals surface area (Å²) < 4.78 is 10.6. The predicted octanol–water partition coefficient (Wildman–Crippen LogP) is 3.11. The van der Waals surface area contributed by atoms with Crippen molar-refractivity contribution in [1.82, 2.24) is 5.32 Å². The average molecular weight is 295 g/mol. The lowest BCUT2D eigenvalue weighted by molar-refractivity contribution is 0.0207. The first kappa shape index (κ1) is 16.5. The molecule has 1 fully saturated rings. The second-order valence-corrected chi connectivity index (χ2v) is 6.16. The van der Waals surface area contributed by atoms with Crippen LogP contribution in [0, 0.1) is 5.92 Å². The summed E-state index contributed by atoms with van der Waals surface area (Å²) in [6.07, 6.45) is 8.99. The van der Waals surface area contributed by atoms with Gasteiger partial charge < -0.3 is 19.6 Å². The number of furan rings is 1. The van der Waals surface area contributed by atoms with Gasteiger partial charge in [-0.15, -0.1) is 0 Å². The van der Waals surface area contributed by atoms with Gasteiger partial charge in [0.25, 0.3) is 0 Å². The molecule has 1 heterocycles. The van der Waals surface area contributed by atoms with E-state index in [2.05, 4.69) is 12.2 Å². The highest BCUT2D eigenvalue weighted by Crippen LogP contribution is 2.27. The molecule has 1 aromatic heterocycles. The third-order valence-electron chi connectivity index (χ3n) is 4.32. The lowest BCUT2D eigenvalue weighted by atomic mass is 9.83. The molecule has 1 atom stereocenters. The highest BCUT2D eigenvalue weighted by Gasteiger charge is 2.20. The van der Waals surface area contributed by atoms with Crippen molar-refractivity contribution in [3.05, 3.63) is 24.2 Å². The van der Waals surface area contributed by atoms with Crippen molar-refractivity contribution in [1.29, 1.82) is 0 Å². The smallest absolute Gasteiger partial charge is 0.129 e. The molecule has 0 bridgehead atoms. The maximum absolute atomic E-state index is 9.93. The van der Waals surface area contributed by atoms with Gasteiger partial charge in [-0.25, -0.2) is 0 Å². The van der Waals surface area contributed by atoms with E-state index in [0.717, 1.165) is 11.7 Å². The standard InChI is InChI=1S/C17H29NO3/c1-2-4-14-6-8-15(9-7-14)18-11-16(19)12-20-13-17-5-3-10-21-17/h3,5,10,14-16,18-19H,2,4,6-9,11-13H2,1H3. The number of aliphatic hydroxyl groups is 1. The fourth-order valence-corrected chi connectivity index (χ4v) is 3.12. The third-order valence-corrected chi connectivity index (χ3v) is 4.32. The molecule has 2 rings (SSSR count). The van der Waals surface area contributed by atoms with Crippen LogP contribution in [0.2, 0.25) is 0 Å². The lowest BCUT2D eigenvalue weighted by Gasteiger charge is -2.29. The van der Waals surface area contributed by atoms with Gasteiger partial charge in [0, 0.05) is 12.6 Å². The van der Waals surface area contributed by atoms with Gasteiger partial charge in [-0.2, -0.15) is 0 Å². The zero-order valence-electron chi connectivity index (χ0n) is 13.1. The van der Waals surface area contributed by atoms with E-state index in [9.17, 15) is 5.11 Å². The molecule has 1 aromatic rings. The van der Waals surface area contributed by atoms with Gasteiger partial charge >= 0.3 is 0 Å². The third kappa shape index (κ3) is 6.20. The zero-order valence-corrected chi connectivity index (χ0v) is 13.1. The van der Waals surface area contributed by atoms with Gasteiger partial charge in [0.2, 0.25) is 0 Å². The van der Waals surface area contributed by atoms with E-state index in [4.69, 9.17) is 9.15 Å². The van der Waals surface area contributed by atoms with E-state index in [0.29, 0.717) is 25.8 Å². The van der Waals surface area contributed by atoms with Crippen LogP contribution in [0.3, 0.4) is 0 Å². The summed E-state index contributed by atoms with van der Waals surface area (Å²) in [6, 6.07) is 4.28. The fraction of sp³-hybridized carbons (Fsp3) is 0.765. The minimum absolute atomic E-state index is 0.346. The van der Waals surface area contributed by atoms with Gasteiger partial charge in [-0.1, -0.05) is 19.8 Å². The maximum Gasteiger partial charge on any atom is 0.129 e. The molecule has 0 spiro atoms. The number of hydrogen-bond acceptors (Lipinski definition) is 4. The highest BCUT2D eigenvalue weighted by atomic mass is 16.5. The number of hydrogen-bond donors (Lipinski definition) is 2. The highest BCUT2D eigenvalue weighted by molar-refractivity contribution is 4.96. The Kier molecular flexibility index (Phi) is 7.27. The molecule has 21 heavy (non-hydrogen) atoms. The number of ether oxygens (including phenoxy) is 1. The van der Waals surface area contributed by atoms with E-state index in [1.54, 1.807) is 6.26 Å². The Morgan fingerprint density at radius 1 is 1.38 bits per heavy atom. The van der Waals surface area contributed by atoms with Crippen molar-refractivity contribution in [2.24, 2.45) is 5.92 Å². The summed E-state index contributed by atoms with van der Waals surface area (Å²) in [5.74, 6) is 1.72. The van der Waals surface area contributed by atoms with Crippen LogP contribution in [-0.2, 0) is 11.3 Å². The van der Waals surface area contributed by atoms with Crippen molar-refractivity contribution < 1.29 is 14.3 Å². The molecule has 4 nitrogen and oxygen atoms in total. The summed E-state index contributed by atoms with van der Waals surface area (Å²) in [5, 5.41) is 13.4. The largest absolute Gasteiger partial charge is 0.467 e. The van der Waals surface area contributed by atoms with Crippen LogP contribution >= 0.6 is 0 Å². The molecule has 0 aliphatic heterocycles. The van der Waals surface area contributed by atoms with Gasteiger partial charge in [0.05, 0.1) is 19.0 Å². The molecule has 1 aliphatic carbocycles. The zero-order chi connectivity index (χ0) is 14.9. The van der Waals surface area contributed by atoms with Crippen LogP contribution in [0.15, 0.2) is 22.8 Å². The van der Waals surface area contributed by atoms with Gasteiger partial charge in [0.1, 0.15) is 12.4 Å². The van der Waals surface area contributed by atoms with E-state index in [-0.39, 0.29) is 0 Å². The Balaban J connectivity index is 1.52. The molecular weight excluding hydrogens is 266 g/mol. The van der Waals surface area contributed by atoms with Gasteiger partial charge in [-0.05, 0) is 43.7 Å². The molecule has 2 N–H and O–H groups in total. The van der Waals surface area contributed by atoms with E-state index in [1.165, 1.54) is 38.5 Å². The molecule has 1 unspecified atom stereocenters. The van der Waals surface area contributed by atoms with Crippen LogP contribution in [-0.4, -0.2) is 30.4 Å². The molecule has 0 radical (unpaired) electrons. The Morgan fingerprint density at radius 3 is 2.86 bits per heavy atom. The maximum atomic E-state index is 9.93. The summed E-state index contributed by atoms with van der Waals surface area (Å²) in [5.41, 5.74) is 0. The Morgan fingerprint density at radius 2 is 2.19 bits per heavy atom. The first-order valence-corrected chi connectivity index (χ1v) is 8.29. The van der Waals surface area contributed by atoms with Crippen LogP contribution in [0.5, 0.6) is 0 Å². The fourth-order valence-electron chi connectivity index (χ4n) is 3.12. The molecule has 0 saturated heterocycles. The van der Waals surface area contributed by atoms with Gasteiger partial charge in [-0.3, -0.25) is 0 Å². The molecule has 1 saturated carbocycles. The number of nitrogens with one attached hydrogen (secondary N) is 1. The molecular formula is C17H29NO3. The minimum atomic E-state index is -0.451. The van der Waals surface area contributed by atoms with Crippen molar-refractivity contribution in [2.75, 3.05) is 13.2 Å². The molecule has 0 aromatic carbocycles. The van der Waals surface area contributed by atoms with Crippen molar-refractivity contribution in [3.63, 3.8) is 0 Å². The second kappa shape index (κ2) is 9.23. The molecule has 0 amide bonds. The first-order chi connectivity index (χ1) is 10.3. The summed E-state index contributed by atoms with van der Waals surface area (Å²) in [6.45, 7) is 3.65. The predicted molar refractivity (Wildman–Crippen MR) is 83.0 cm³/mol. The van der Waals surface area contributed by atoms with Crippen molar-refractivity contribution in [2.45, 2.75) is 64.2 Å². The summed E-state index contributed by atoms with van der Waals surface area (Å²) in [4.78, 5) is 0. The van der Waals surface area contributed by atoms with Gasteiger partial charge in [0.15, 0.2) is 0 Å². The summed E-state index contributed by atoms with van der Waals surface area (Å²) in [7, 11) is 0. The van der Waals surface area contributed by atoms with E-state index < -0.39 is 6.10 Å². The average Bonchev–Trinajstić information content (AvgIpc) is 3.00. The van der Waals surface area contributed by atoms with Crippen LogP contribution in [0.25, 0.3) is 0 Å². The number of aliphatic hydroxyl groups excluding tert-OH is 1. The Bertz CT molecular complexity index is 358. The van der Waals surface area contributed by atoms with E-state index in [1.807, 2.05) is 12.1 Å². The second-order valence-electron chi connectivity index (χ2n) is 6.16. The van der Waals surface area contributed by atoms with Crippen molar-refractivity contribution >= 4 is 0 Å². The van der Waals surface area contributed by atoms with Crippen molar-refractivity contribution in [3.8, 4) is 0 Å². The quantitative estimate of drug-likeness (QED) is 0.735.